The van der Waals surface area contributed by atoms with Crippen LogP contribution in [-0.2, 0) is 0 Å². The topological polar surface area (TPSA) is 52.6 Å². The zero-order chi connectivity index (χ0) is 16.8. The highest BCUT2D eigenvalue weighted by Gasteiger charge is 2.17. The molecule has 4 nitrogen and oxygen atoms in total. The number of esters is 2. The molecule has 0 heterocycles. The van der Waals surface area contributed by atoms with Crippen LogP contribution in [-0.4, -0.2) is 11.9 Å². The lowest BCUT2D eigenvalue weighted by Gasteiger charge is -2.10. The lowest BCUT2D eigenvalue weighted by Crippen LogP contribution is -2.14. The molecule has 0 spiro atoms. The van der Waals surface area contributed by atoms with E-state index in [9.17, 15) is 9.59 Å². The first kappa shape index (κ1) is 15.5. The summed E-state index contributed by atoms with van der Waals surface area (Å²) in [6.45, 7) is 0. The van der Waals surface area contributed by atoms with E-state index in [2.05, 4.69) is 0 Å². The fraction of sp³-hybridized carbons (Fsp3) is 0. The molecule has 0 atom stereocenters. The van der Waals surface area contributed by atoms with Gasteiger partial charge in [-0.05, 0) is 36.4 Å². The molecular formula is C20H14O4. The average molecular weight is 318 g/mol. The van der Waals surface area contributed by atoms with Crippen molar-refractivity contribution >= 4 is 11.9 Å². The number of hydrogen-bond acceptors (Lipinski definition) is 4. The monoisotopic (exact) mass is 318 g/mol. The van der Waals surface area contributed by atoms with Crippen LogP contribution >= 0.6 is 0 Å². The number of ether oxygens (including phenoxy) is 2. The van der Waals surface area contributed by atoms with Crippen molar-refractivity contribution < 1.29 is 19.1 Å². The molecule has 4 heteroatoms. The largest absolute Gasteiger partial charge is 0.423 e. The fourth-order valence-electron chi connectivity index (χ4n) is 2.11. The van der Waals surface area contributed by atoms with Gasteiger partial charge in [0.1, 0.15) is 17.1 Å². The summed E-state index contributed by atoms with van der Waals surface area (Å²) in [6.07, 6.45) is 0. The van der Waals surface area contributed by atoms with Crippen molar-refractivity contribution in [2.24, 2.45) is 0 Å². The molecule has 0 saturated carbocycles. The molecule has 24 heavy (non-hydrogen) atoms. The van der Waals surface area contributed by atoms with E-state index in [4.69, 9.17) is 9.47 Å². The Hall–Kier alpha value is -3.40. The van der Waals surface area contributed by atoms with E-state index in [1.54, 1.807) is 72.8 Å². The van der Waals surface area contributed by atoms with E-state index in [1.165, 1.54) is 0 Å². The molecule has 118 valence electrons. The van der Waals surface area contributed by atoms with Crippen molar-refractivity contribution in [2.45, 2.75) is 0 Å². The van der Waals surface area contributed by atoms with E-state index < -0.39 is 11.9 Å². The number of carbonyl (C=O) groups is 2. The quantitative estimate of drug-likeness (QED) is 0.536. The van der Waals surface area contributed by atoms with Gasteiger partial charge < -0.3 is 9.47 Å². The van der Waals surface area contributed by atoms with Gasteiger partial charge in [0.25, 0.3) is 0 Å². The molecule has 0 unspecified atom stereocenters. The summed E-state index contributed by atoms with van der Waals surface area (Å²) < 4.78 is 10.6. The zero-order valence-electron chi connectivity index (χ0n) is 12.7. The van der Waals surface area contributed by atoms with Gasteiger partial charge in [0.2, 0.25) is 0 Å². The molecule has 0 fully saturated rings. The minimum Gasteiger partial charge on any atom is -0.423 e. The molecule has 0 aromatic heterocycles. The standard InChI is InChI=1S/C20H14O4/c21-19(15-9-3-1-4-10-15)24-18-14-8-7-13-17(18)20(22)23-16-11-5-2-6-12-16/h1-14H. The van der Waals surface area contributed by atoms with E-state index in [1.807, 2.05) is 12.1 Å². The first-order chi connectivity index (χ1) is 11.7. The third-order valence-electron chi connectivity index (χ3n) is 3.27. The van der Waals surface area contributed by atoms with Crippen LogP contribution in [0.5, 0.6) is 11.5 Å². The number of rotatable bonds is 4. The van der Waals surface area contributed by atoms with Crippen LogP contribution in [0, 0.1) is 0 Å². The smallest absolute Gasteiger partial charge is 0.347 e. The Morgan fingerprint density at radius 3 is 1.88 bits per heavy atom. The summed E-state index contributed by atoms with van der Waals surface area (Å²) in [5, 5.41) is 0. The molecular weight excluding hydrogens is 304 g/mol. The van der Waals surface area contributed by atoms with Crippen molar-refractivity contribution in [1.82, 2.24) is 0 Å². The Labute approximate surface area is 139 Å². The van der Waals surface area contributed by atoms with E-state index >= 15 is 0 Å². The number of benzene rings is 3. The van der Waals surface area contributed by atoms with Crippen molar-refractivity contribution in [3.63, 3.8) is 0 Å². The molecule has 0 amide bonds. The van der Waals surface area contributed by atoms with Gasteiger partial charge >= 0.3 is 11.9 Å². The van der Waals surface area contributed by atoms with Crippen molar-refractivity contribution in [2.75, 3.05) is 0 Å². The zero-order valence-corrected chi connectivity index (χ0v) is 12.7. The third kappa shape index (κ3) is 3.67. The van der Waals surface area contributed by atoms with Crippen LogP contribution in [0.3, 0.4) is 0 Å². The summed E-state index contributed by atoms with van der Waals surface area (Å²) >= 11 is 0. The molecule has 3 rings (SSSR count). The van der Waals surface area contributed by atoms with Gasteiger partial charge in [-0.2, -0.15) is 0 Å². The fourth-order valence-corrected chi connectivity index (χ4v) is 2.11. The summed E-state index contributed by atoms with van der Waals surface area (Å²) in [4.78, 5) is 24.5. The van der Waals surface area contributed by atoms with E-state index in [-0.39, 0.29) is 11.3 Å². The van der Waals surface area contributed by atoms with Crippen molar-refractivity contribution in [3.05, 3.63) is 96.1 Å². The number of para-hydroxylation sites is 2. The summed E-state index contributed by atoms with van der Waals surface area (Å²) in [5.74, 6) is -0.535. The maximum Gasteiger partial charge on any atom is 0.347 e. The molecule has 0 aliphatic rings. The van der Waals surface area contributed by atoms with Gasteiger partial charge in [-0.3, -0.25) is 0 Å². The number of carbonyl (C=O) groups excluding carboxylic acids is 2. The summed E-state index contributed by atoms with van der Waals surface area (Å²) in [7, 11) is 0. The lowest BCUT2D eigenvalue weighted by molar-refractivity contribution is 0.0707. The highest BCUT2D eigenvalue weighted by Crippen LogP contribution is 2.21. The van der Waals surface area contributed by atoms with E-state index in [0.29, 0.717) is 11.3 Å². The molecule has 0 N–H and O–H groups in total. The third-order valence-corrected chi connectivity index (χ3v) is 3.27. The Bertz CT molecular complexity index is 842. The molecule has 0 saturated heterocycles. The van der Waals surface area contributed by atoms with Crippen LogP contribution in [0.1, 0.15) is 20.7 Å². The second-order valence-corrected chi connectivity index (χ2v) is 4.95. The van der Waals surface area contributed by atoms with Crippen molar-refractivity contribution in [3.8, 4) is 11.5 Å². The molecule has 0 aliphatic carbocycles. The molecule has 0 radical (unpaired) electrons. The summed E-state index contributed by atoms with van der Waals surface area (Å²) in [6, 6.07) is 23.8. The minimum atomic E-state index is -0.585. The molecule has 3 aromatic carbocycles. The van der Waals surface area contributed by atoms with Crippen LogP contribution in [0.4, 0.5) is 0 Å². The summed E-state index contributed by atoms with van der Waals surface area (Å²) in [5.41, 5.74) is 0.592. The predicted octanol–water partition coefficient (Wildman–Crippen LogP) is 4.13. The van der Waals surface area contributed by atoms with Gasteiger partial charge in [-0.1, -0.05) is 48.5 Å². The molecule has 0 aliphatic heterocycles. The molecule has 0 bridgehead atoms. The predicted molar refractivity (Wildman–Crippen MR) is 89.2 cm³/mol. The normalized spacial score (nSPS) is 10.0. The first-order valence-electron chi connectivity index (χ1n) is 7.37. The first-order valence-corrected chi connectivity index (χ1v) is 7.37. The Kier molecular flexibility index (Phi) is 4.68. The van der Waals surface area contributed by atoms with Crippen LogP contribution in [0.25, 0.3) is 0 Å². The van der Waals surface area contributed by atoms with Crippen LogP contribution in [0.15, 0.2) is 84.9 Å². The van der Waals surface area contributed by atoms with Crippen LogP contribution < -0.4 is 9.47 Å². The molecule has 3 aromatic rings. The maximum atomic E-state index is 12.3. The SMILES string of the molecule is O=C(Oc1ccccc1C(=O)Oc1ccccc1)c1ccccc1. The second kappa shape index (κ2) is 7.24. The second-order valence-electron chi connectivity index (χ2n) is 4.95. The van der Waals surface area contributed by atoms with Gasteiger partial charge in [-0.15, -0.1) is 0 Å². The lowest BCUT2D eigenvalue weighted by atomic mass is 10.2. The van der Waals surface area contributed by atoms with Crippen molar-refractivity contribution in [1.29, 1.82) is 0 Å². The Morgan fingerprint density at radius 1 is 0.583 bits per heavy atom. The van der Waals surface area contributed by atoms with Gasteiger partial charge in [0, 0.05) is 0 Å². The Balaban J connectivity index is 1.80. The van der Waals surface area contributed by atoms with Crippen LogP contribution in [0.2, 0.25) is 0 Å². The van der Waals surface area contributed by atoms with Gasteiger partial charge in [0.05, 0.1) is 5.56 Å². The van der Waals surface area contributed by atoms with E-state index in [0.717, 1.165) is 0 Å². The minimum absolute atomic E-state index is 0.160. The average Bonchev–Trinajstić information content (AvgIpc) is 2.63. The number of hydrogen-bond donors (Lipinski definition) is 0. The maximum absolute atomic E-state index is 12.3. The highest BCUT2D eigenvalue weighted by atomic mass is 16.5. The van der Waals surface area contributed by atoms with Gasteiger partial charge in [-0.25, -0.2) is 9.59 Å². The van der Waals surface area contributed by atoms with Gasteiger partial charge in [0.15, 0.2) is 0 Å². The Morgan fingerprint density at radius 2 is 1.17 bits per heavy atom. The highest BCUT2D eigenvalue weighted by molar-refractivity contribution is 5.97.